The summed E-state index contributed by atoms with van der Waals surface area (Å²) in [6.07, 6.45) is 3.12. The average Bonchev–Trinajstić information content (AvgIpc) is 2.99. The predicted molar refractivity (Wildman–Crippen MR) is 87.1 cm³/mol. The van der Waals surface area contributed by atoms with Gasteiger partial charge in [0.15, 0.2) is 0 Å². The minimum atomic E-state index is -0.473. The van der Waals surface area contributed by atoms with E-state index < -0.39 is 6.10 Å². The molecule has 1 saturated heterocycles. The van der Waals surface area contributed by atoms with Crippen LogP contribution in [0.4, 0.5) is 0 Å². The van der Waals surface area contributed by atoms with E-state index in [0.29, 0.717) is 19.7 Å². The van der Waals surface area contributed by atoms with Crippen LogP contribution in [-0.4, -0.2) is 57.3 Å². The minimum absolute atomic E-state index is 0.0805. The van der Waals surface area contributed by atoms with E-state index in [4.69, 9.17) is 4.74 Å². The summed E-state index contributed by atoms with van der Waals surface area (Å²) in [6, 6.07) is 6.25. The lowest BCUT2D eigenvalue weighted by molar-refractivity contribution is -0.0488. The van der Waals surface area contributed by atoms with Crippen molar-refractivity contribution in [1.82, 2.24) is 19.9 Å². The van der Waals surface area contributed by atoms with E-state index in [1.165, 1.54) is 11.1 Å². The molecular weight excluding hydrogens is 292 g/mol. The molecule has 2 heterocycles. The fraction of sp³-hybridized carbons (Fsp3) is 0.529. The Bertz CT molecular complexity index is 609. The predicted octanol–water partition coefficient (Wildman–Crippen LogP) is 1.33. The van der Waals surface area contributed by atoms with Crippen LogP contribution in [0.2, 0.25) is 0 Å². The average molecular weight is 316 g/mol. The Morgan fingerprint density at radius 3 is 2.78 bits per heavy atom. The lowest BCUT2D eigenvalue weighted by Crippen LogP contribution is -2.45. The first kappa shape index (κ1) is 16.1. The number of aliphatic hydroxyl groups excluding tert-OH is 1. The number of morpholine rings is 1. The van der Waals surface area contributed by atoms with Crippen LogP contribution >= 0.6 is 0 Å². The molecule has 1 aliphatic heterocycles. The van der Waals surface area contributed by atoms with E-state index in [-0.39, 0.29) is 6.10 Å². The van der Waals surface area contributed by atoms with Gasteiger partial charge in [-0.25, -0.2) is 4.68 Å². The van der Waals surface area contributed by atoms with Crippen LogP contribution in [0, 0.1) is 13.8 Å². The molecule has 2 atom stereocenters. The van der Waals surface area contributed by atoms with E-state index in [1.807, 2.05) is 6.20 Å². The molecule has 1 N–H and O–H groups in total. The number of β-amino-alcohol motifs (C(OH)–C–C–N with tert-alkyl or cyclic N) is 1. The molecule has 2 aromatic rings. The zero-order chi connectivity index (χ0) is 16.2. The fourth-order valence-electron chi connectivity index (χ4n) is 3.15. The summed E-state index contributed by atoms with van der Waals surface area (Å²) in [4.78, 5) is 2.26. The molecular formula is C17H24N4O2. The van der Waals surface area contributed by atoms with E-state index in [9.17, 15) is 5.11 Å². The quantitative estimate of drug-likeness (QED) is 0.901. The van der Waals surface area contributed by atoms with Crippen molar-refractivity contribution in [2.75, 3.05) is 26.2 Å². The highest BCUT2D eigenvalue weighted by Crippen LogP contribution is 2.19. The van der Waals surface area contributed by atoms with Gasteiger partial charge >= 0.3 is 0 Å². The van der Waals surface area contributed by atoms with Crippen LogP contribution < -0.4 is 0 Å². The maximum atomic E-state index is 10.6. The third-order valence-electron chi connectivity index (χ3n) is 4.15. The number of aryl methyl sites for hydroxylation is 2. The summed E-state index contributed by atoms with van der Waals surface area (Å²) in [5, 5.41) is 18.4. The number of ether oxygens (including phenoxy) is 1. The van der Waals surface area contributed by atoms with Gasteiger partial charge in [0, 0.05) is 25.8 Å². The topological polar surface area (TPSA) is 63.4 Å². The van der Waals surface area contributed by atoms with Gasteiger partial charge in [0.1, 0.15) is 0 Å². The third kappa shape index (κ3) is 4.37. The number of hydrogen-bond donors (Lipinski definition) is 1. The number of rotatable bonds is 5. The maximum absolute atomic E-state index is 10.6. The van der Waals surface area contributed by atoms with Crippen LogP contribution in [0.15, 0.2) is 30.6 Å². The standard InChI is InChI=1S/C17H24N4O2/c1-13-7-14(2)9-15(8-13)17(22)12-20-5-6-23-16(10-20)11-21-4-3-18-19-21/h3-4,7-9,16-17,22H,5-6,10-12H2,1-2H3. The lowest BCUT2D eigenvalue weighted by Gasteiger charge is -2.34. The van der Waals surface area contributed by atoms with Crippen molar-refractivity contribution in [3.8, 4) is 0 Å². The molecule has 3 rings (SSSR count). The van der Waals surface area contributed by atoms with Gasteiger partial charge in [-0.2, -0.15) is 0 Å². The molecule has 2 unspecified atom stereocenters. The molecule has 6 heteroatoms. The summed E-state index contributed by atoms with van der Waals surface area (Å²) >= 11 is 0. The Balaban J connectivity index is 1.58. The monoisotopic (exact) mass is 316 g/mol. The fourth-order valence-corrected chi connectivity index (χ4v) is 3.15. The highest BCUT2D eigenvalue weighted by Gasteiger charge is 2.23. The van der Waals surface area contributed by atoms with Crippen LogP contribution in [0.1, 0.15) is 22.8 Å². The molecule has 0 radical (unpaired) electrons. The molecule has 0 spiro atoms. The number of aromatic nitrogens is 3. The SMILES string of the molecule is Cc1cc(C)cc(C(O)CN2CCOC(Cn3ccnn3)C2)c1. The molecule has 0 bridgehead atoms. The highest BCUT2D eigenvalue weighted by molar-refractivity contribution is 5.30. The Morgan fingerprint density at radius 2 is 2.09 bits per heavy atom. The summed E-state index contributed by atoms with van der Waals surface area (Å²) in [6.45, 7) is 7.75. The molecule has 23 heavy (non-hydrogen) atoms. The van der Waals surface area contributed by atoms with Gasteiger partial charge in [0.2, 0.25) is 0 Å². The Labute approximate surface area is 136 Å². The first-order chi connectivity index (χ1) is 11.1. The zero-order valence-electron chi connectivity index (χ0n) is 13.7. The first-order valence-electron chi connectivity index (χ1n) is 8.04. The highest BCUT2D eigenvalue weighted by atomic mass is 16.5. The molecule has 6 nitrogen and oxygen atoms in total. The van der Waals surface area contributed by atoms with Crippen molar-refractivity contribution in [2.45, 2.75) is 32.6 Å². The van der Waals surface area contributed by atoms with Crippen molar-refractivity contribution in [3.63, 3.8) is 0 Å². The van der Waals surface area contributed by atoms with Crippen molar-refractivity contribution >= 4 is 0 Å². The Hall–Kier alpha value is -1.76. The second-order valence-electron chi connectivity index (χ2n) is 6.31. The molecule has 0 saturated carbocycles. The molecule has 1 aromatic carbocycles. The summed E-state index contributed by atoms with van der Waals surface area (Å²) in [5.41, 5.74) is 3.36. The number of nitrogens with zero attached hydrogens (tertiary/aromatic N) is 4. The molecule has 1 aromatic heterocycles. The summed E-state index contributed by atoms with van der Waals surface area (Å²) in [7, 11) is 0. The number of aliphatic hydroxyl groups is 1. The Kier molecular flexibility index (Phi) is 5.05. The van der Waals surface area contributed by atoms with E-state index in [1.54, 1.807) is 10.9 Å². The van der Waals surface area contributed by atoms with Crippen LogP contribution in [-0.2, 0) is 11.3 Å². The molecule has 1 aliphatic rings. The van der Waals surface area contributed by atoms with Gasteiger partial charge in [-0.1, -0.05) is 34.5 Å². The van der Waals surface area contributed by atoms with Gasteiger partial charge in [0.25, 0.3) is 0 Å². The van der Waals surface area contributed by atoms with Crippen molar-refractivity contribution in [2.24, 2.45) is 0 Å². The van der Waals surface area contributed by atoms with Crippen LogP contribution in [0.25, 0.3) is 0 Å². The van der Waals surface area contributed by atoms with Crippen molar-refractivity contribution < 1.29 is 9.84 Å². The molecule has 0 aliphatic carbocycles. The van der Waals surface area contributed by atoms with Crippen molar-refractivity contribution in [3.05, 3.63) is 47.3 Å². The minimum Gasteiger partial charge on any atom is -0.387 e. The van der Waals surface area contributed by atoms with Gasteiger partial charge in [-0.05, 0) is 19.4 Å². The normalized spacial score (nSPS) is 20.6. The molecule has 124 valence electrons. The maximum Gasteiger partial charge on any atom is 0.0917 e. The number of benzene rings is 1. The third-order valence-corrected chi connectivity index (χ3v) is 4.15. The van der Waals surface area contributed by atoms with Gasteiger partial charge in [-0.3, -0.25) is 4.90 Å². The summed E-state index contributed by atoms with van der Waals surface area (Å²) < 4.78 is 7.58. The van der Waals surface area contributed by atoms with Gasteiger partial charge in [0.05, 0.1) is 31.6 Å². The van der Waals surface area contributed by atoms with Gasteiger partial charge in [-0.15, -0.1) is 5.10 Å². The van der Waals surface area contributed by atoms with Crippen LogP contribution in [0.5, 0.6) is 0 Å². The second-order valence-corrected chi connectivity index (χ2v) is 6.31. The molecule has 0 amide bonds. The lowest BCUT2D eigenvalue weighted by atomic mass is 10.0. The van der Waals surface area contributed by atoms with Crippen molar-refractivity contribution in [1.29, 1.82) is 0 Å². The van der Waals surface area contributed by atoms with E-state index >= 15 is 0 Å². The smallest absolute Gasteiger partial charge is 0.0917 e. The summed E-state index contributed by atoms with van der Waals surface area (Å²) in [5.74, 6) is 0. The number of hydrogen-bond acceptors (Lipinski definition) is 5. The van der Waals surface area contributed by atoms with E-state index in [2.05, 4.69) is 47.3 Å². The van der Waals surface area contributed by atoms with E-state index in [0.717, 1.165) is 18.7 Å². The zero-order valence-corrected chi connectivity index (χ0v) is 13.7. The second kappa shape index (κ2) is 7.21. The Morgan fingerprint density at radius 1 is 1.30 bits per heavy atom. The van der Waals surface area contributed by atoms with Gasteiger partial charge < -0.3 is 9.84 Å². The van der Waals surface area contributed by atoms with Crippen LogP contribution in [0.3, 0.4) is 0 Å². The first-order valence-corrected chi connectivity index (χ1v) is 8.04. The molecule has 1 fully saturated rings. The largest absolute Gasteiger partial charge is 0.387 e.